The number of hydrogen-bond donors (Lipinski definition) is 2. The van der Waals surface area contributed by atoms with Crippen LogP contribution in [0.2, 0.25) is 0 Å². The summed E-state index contributed by atoms with van der Waals surface area (Å²) in [6.45, 7) is 3.45. The van der Waals surface area contributed by atoms with Crippen LogP contribution in [0.1, 0.15) is 45.4 Å². The van der Waals surface area contributed by atoms with Crippen molar-refractivity contribution in [3.05, 3.63) is 0 Å². The van der Waals surface area contributed by atoms with Crippen molar-refractivity contribution >= 4 is 0 Å². The molecule has 0 bridgehead atoms. The molecule has 2 heteroatoms. The van der Waals surface area contributed by atoms with Gasteiger partial charge in [-0.1, -0.05) is 12.8 Å². The van der Waals surface area contributed by atoms with Crippen molar-refractivity contribution in [3.8, 4) is 0 Å². The van der Waals surface area contributed by atoms with Crippen molar-refractivity contribution in [2.45, 2.75) is 63.6 Å². The van der Waals surface area contributed by atoms with Crippen LogP contribution in [0.4, 0.5) is 0 Å². The van der Waals surface area contributed by atoms with E-state index in [1.807, 2.05) is 0 Å². The van der Waals surface area contributed by atoms with Crippen LogP contribution in [0, 0.1) is 0 Å². The van der Waals surface area contributed by atoms with E-state index in [-0.39, 0.29) is 0 Å². The summed E-state index contributed by atoms with van der Waals surface area (Å²) in [6, 6.07) is 2.33. The van der Waals surface area contributed by atoms with Crippen molar-refractivity contribution < 1.29 is 0 Å². The minimum atomic E-state index is 0.660. The predicted molar refractivity (Wildman–Crippen MR) is 55.9 cm³/mol. The zero-order valence-electron chi connectivity index (χ0n) is 8.68. The van der Waals surface area contributed by atoms with Gasteiger partial charge in [0.05, 0.1) is 0 Å². The molecule has 76 valence electrons. The lowest BCUT2D eigenvalue weighted by Crippen LogP contribution is -2.40. The Bertz CT molecular complexity index is 148. The van der Waals surface area contributed by atoms with Crippen LogP contribution in [0.25, 0.3) is 0 Å². The van der Waals surface area contributed by atoms with Crippen molar-refractivity contribution in [1.82, 2.24) is 10.6 Å². The van der Waals surface area contributed by atoms with Gasteiger partial charge in [0.1, 0.15) is 0 Å². The molecule has 2 saturated carbocycles. The van der Waals surface area contributed by atoms with Crippen molar-refractivity contribution in [3.63, 3.8) is 0 Å². The van der Waals surface area contributed by atoms with E-state index in [1.165, 1.54) is 38.5 Å². The molecular weight excluding hydrogens is 160 g/mol. The Morgan fingerprint density at radius 3 is 2.38 bits per heavy atom. The summed E-state index contributed by atoms with van der Waals surface area (Å²) in [5.74, 6) is 0. The SMILES string of the molecule is CC(CNC1CCCC1)NC1CC1. The van der Waals surface area contributed by atoms with Gasteiger partial charge >= 0.3 is 0 Å². The summed E-state index contributed by atoms with van der Waals surface area (Å²) in [6.07, 6.45) is 8.46. The van der Waals surface area contributed by atoms with Gasteiger partial charge in [-0.2, -0.15) is 0 Å². The summed E-state index contributed by atoms with van der Waals surface area (Å²) >= 11 is 0. The molecule has 0 aromatic carbocycles. The third-order valence-electron chi connectivity index (χ3n) is 3.17. The molecule has 2 aliphatic rings. The van der Waals surface area contributed by atoms with Crippen LogP contribution in [0.15, 0.2) is 0 Å². The highest BCUT2D eigenvalue weighted by Gasteiger charge is 2.23. The molecule has 0 aliphatic heterocycles. The second-order valence-electron chi connectivity index (χ2n) is 4.73. The zero-order chi connectivity index (χ0) is 9.10. The third-order valence-corrected chi connectivity index (χ3v) is 3.17. The highest BCUT2D eigenvalue weighted by atomic mass is 15.0. The van der Waals surface area contributed by atoms with Gasteiger partial charge in [-0.15, -0.1) is 0 Å². The molecule has 0 radical (unpaired) electrons. The molecule has 0 aromatic rings. The van der Waals surface area contributed by atoms with E-state index in [0.29, 0.717) is 6.04 Å². The van der Waals surface area contributed by atoms with E-state index in [0.717, 1.165) is 18.6 Å². The van der Waals surface area contributed by atoms with Crippen LogP contribution in [0.3, 0.4) is 0 Å². The van der Waals surface area contributed by atoms with Crippen LogP contribution in [-0.2, 0) is 0 Å². The van der Waals surface area contributed by atoms with Gasteiger partial charge in [0.2, 0.25) is 0 Å². The summed E-state index contributed by atoms with van der Waals surface area (Å²) in [4.78, 5) is 0. The lowest BCUT2D eigenvalue weighted by molar-refractivity contribution is 0.448. The lowest BCUT2D eigenvalue weighted by atomic mass is 10.2. The van der Waals surface area contributed by atoms with Crippen molar-refractivity contribution in [2.75, 3.05) is 6.54 Å². The lowest BCUT2D eigenvalue weighted by Gasteiger charge is -2.17. The molecule has 0 saturated heterocycles. The van der Waals surface area contributed by atoms with E-state index in [1.54, 1.807) is 0 Å². The number of nitrogens with one attached hydrogen (secondary N) is 2. The van der Waals surface area contributed by atoms with Crippen LogP contribution in [0.5, 0.6) is 0 Å². The summed E-state index contributed by atoms with van der Waals surface area (Å²) in [5.41, 5.74) is 0. The minimum absolute atomic E-state index is 0.660. The molecule has 0 spiro atoms. The van der Waals surface area contributed by atoms with Crippen LogP contribution < -0.4 is 10.6 Å². The quantitative estimate of drug-likeness (QED) is 0.675. The minimum Gasteiger partial charge on any atom is -0.312 e. The Kier molecular flexibility index (Phi) is 3.23. The largest absolute Gasteiger partial charge is 0.312 e. The van der Waals surface area contributed by atoms with Crippen LogP contribution in [-0.4, -0.2) is 24.7 Å². The van der Waals surface area contributed by atoms with Crippen molar-refractivity contribution in [1.29, 1.82) is 0 Å². The summed E-state index contributed by atoms with van der Waals surface area (Å²) < 4.78 is 0. The molecule has 2 nitrogen and oxygen atoms in total. The molecule has 0 heterocycles. The molecule has 2 rings (SSSR count). The first kappa shape index (κ1) is 9.47. The Morgan fingerprint density at radius 2 is 1.77 bits per heavy atom. The zero-order valence-corrected chi connectivity index (χ0v) is 8.68. The normalized spacial score (nSPS) is 26.5. The maximum Gasteiger partial charge on any atom is 0.0166 e. The van der Waals surface area contributed by atoms with Gasteiger partial charge in [-0.3, -0.25) is 0 Å². The monoisotopic (exact) mass is 182 g/mol. The van der Waals surface area contributed by atoms with E-state index in [9.17, 15) is 0 Å². The van der Waals surface area contributed by atoms with E-state index in [2.05, 4.69) is 17.6 Å². The molecule has 2 aliphatic carbocycles. The average molecular weight is 182 g/mol. The van der Waals surface area contributed by atoms with Gasteiger partial charge in [0, 0.05) is 24.7 Å². The van der Waals surface area contributed by atoms with Gasteiger partial charge in [0.15, 0.2) is 0 Å². The number of rotatable bonds is 5. The molecule has 2 fully saturated rings. The molecule has 13 heavy (non-hydrogen) atoms. The van der Waals surface area contributed by atoms with Gasteiger partial charge in [-0.25, -0.2) is 0 Å². The fraction of sp³-hybridized carbons (Fsp3) is 1.00. The maximum absolute atomic E-state index is 3.65. The van der Waals surface area contributed by atoms with E-state index < -0.39 is 0 Å². The predicted octanol–water partition coefficient (Wildman–Crippen LogP) is 1.66. The first-order chi connectivity index (χ1) is 6.34. The van der Waals surface area contributed by atoms with Crippen molar-refractivity contribution in [2.24, 2.45) is 0 Å². The molecule has 0 amide bonds. The number of hydrogen-bond acceptors (Lipinski definition) is 2. The fourth-order valence-corrected chi connectivity index (χ4v) is 2.18. The summed E-state index contributed by atoms with van der Waals surface area (Å²) in [5, 5.41) is 7.27. The fourth-order valence-electron chi connectivity index (χ4n) is 2.18. The van der Waals surface area contributed by atoms with Crippen LogP contribution >= 0.6 is 0 Å². The first-order valence-corrected chi connectivity index (χ1v) is 5.84. The standard InChI is InChI=1S/C11H22N2/c1-9(13-11-6-7-11)8-12-10-4-2-3-5-10/h9-13H,2-8H2,1H3. The smallest absolute Gasteiger partial charge is 0.0166 e. The Morgan fingerprint density at radius 1 is 1.08 bits per heavy atom. The topological polar surface area (TPSA) is 24.1 Å². The Hall–Kier alpha value is -0.0800. The second kappa shape index (κ2) is 4.43. The van der Waals surface area contributed by atoms with E-state index in [4.69, 9.17) is 0 Å². The third kappa shape index (κ3) is 3.28. The average Bonchev–Trinajstić information content (AvgIpc) is 2.78. The summed E-state index contributed by atoms with van der Waals surface area (Å²) in [7, 11) is 0. The maximum atomic E-state index is 3.65. The highest BCUT2D eigenvalue weighted by molar-refractivity contribution is 4.85. The van der Waals surface area contributed by atoms with Gasteiger partial charge in [-0.05, 0) is 32.6 Å². The molecule has 0 aromatic heterocycles. The second-order valence-corrected chi connectivity index (χ2v) is 4.73. The Balaban J connectivity index is 1.54. The molecule has 1 unspecified atom stereocenters. The molecule has 1 atom stereocenters. The molecule has 2 N–H and O–H groups in total. The van der Waals surface area contributed by atoms with Gasteiger partial charge < -0.3 is 10.6 Å². The van der Waals surface area contributed by atoms with E-state index >= 15 is 0 Å². The first-order valence-electron chi connectivity index (χ1n) is 5.84. The van der Waals surface area contributed by atoms with Gasteiger partial charge in [0.25, 0.3) is 0 Å². The molecular formula is C11H22N2. The Labute approximate surface area is 81.5 Å². The highest BCUT2D eigenvalue weighted by Crippen LogP contribution is 2.20.